The molecule has 1 aromatic rings. The SMILES string of the molecule is COC(C)C(N)Cc1cccc(Cl)c1. The summed E-state index contributed by atoms with van der Waals surface area (Å²) in [4.78, 5) is 0. The monoisotopic (exact) mass is 213 g/mol. The molecule has 0 heterocycles. The second-order valence-corrected chi connectivity index (χ2v) is 3.88. The fraction of sp³-hybridized carbons (Fsp3) is 0.455. The van der Waals surface area contributed by atoms with Crippen LogP contribution in [-0.2, 0) is 11.2 Å². The Bertz CT molecular complexity index is 290. The fourth-order valence-corrected chi connectivity index (χ4v) is 1.49. The van der Waals surface area contributed by atoms with Gasteiger partial charge >= 0.3 is 0 Å². The van der Waals surface area contributed by atoms with E-state index in [1.807, 2.05) is 31.2 Å². The third kappa shape index (κ3) is 3.29. The van der Waals surface area contributed by atoms with E-state index in [0.717, 1.165) is 17.0 Å². The van der Waals surface area contributed by atoms with Crippen LogP contribution >= 0.6 is 11.6 Å². The summed E-state index contributed by atoms with van der Waals surface area (Å²) in [6.07, 6.45) is 0.851. The van der Waals surface area contributed by atoms with Crippen LogP contribution in [0.1, 0.15) is 12.5 Å². The van der Waals surface area contributed by atoms with E-state index in [1.165, 1.54) is 0 Å². The lowest BCUT2D eigenvalue weighted by molar-refractivity contribution is 0.0956. The Morgan fingerprint density at radius 2 is 2.21 bits per heavy atom. The number of halogens is 1. The normalized spacial score (nSPS) is 15.1. The van der Waals surface area contributed by atoms with Crippen molar-refractivity contribution in [3.8, 4) is 0 Å². The summed E-state index contributed by atoms with van der Waals surface area (Å²) in [5.74, 6) is 0. The van der Waals surface area contributed by atoms with Crippen LogP contribution in [0.25, 0.3) is 0 Å². The van der Waals surface area contributed by atoms with Gasteiger partial charge in [0.25, 0.3) is 0 Å². The van der Waals surface area contributed by atoms with Crippen LogP contribution in [0, 0.1) is 0 Å². The average molecular weight is 214 g/mol. The number of nitrogens with two attached hydrogens (primary N) is 1. The molecule has 78 valence electrons. The Morgan fingerprint density at radius 1 is 1.50 bits per heavy atom. The zero-order valence-electron chi connectivity index (χ0n) is 8.53. The molecule has 0 amide bonds. The zero-order chi connectivity index (χ0) is 10.6. The largest absolute Gasteiger partial charge is 0.380 e. The summed E-state index contributed by atoms with van der Waals surface area (Å²) in [6, 6.07) is 7.76. The minimum atomic E-state index is 0.0125. The molecule has 2 unspecified atom stereocenters. The lowest BCUT2D eigenvalue weighted by Gasteiger charge is -2.18. The van der Waals surface area contributed by atoms with Crippen molar-refractivity contribution in [2.45, 2.75) is 25.5 Å². The van der Waals surface area contributed by atoms with Gasteiger partial charge in [0.15, 0.2) is 0 Å². The maximum Gasteiger partial charge on any atom is 0.0697 e. The van der Waals surface area contributed by atoms with Crippen LogP contribution in [0.4, 0.5) is 0 Å². The Morgan fingerprint density at radius 3 is 2.79 bits per heavy atom. The molecule has 1 aromatic carbocycles. The summed E-state index contributed by atoms with van der Waals surface area (Å²) in [5.41, 5.74) is 7.09. The molecule has 0 saturated heterocycles. The van der Waals surface area contributed by atoms with Gasteiger partial charge in [-0.2, -0.15) is 0 Å². The van der Waals surface area contributed by atoms with Crippen molar-refractivity contribution in [1.82, 2.24) is 0 Å². The molecule has 0 aliphatic carbocycles. The Hall–Kier alpha value is -0.570. The third-order valence-electron chi connectivity index (χ3n) is 2.34. The van der Waals surface area contributed by atoms with Crippen LogP contribution in [0.15, 0.2) is 24.3 Å². The third-order valence-corrected chi connectivity index (χ3v) is 2.57. The van der Waals surface area contributed by atoms with Crippen molar-refractivity contribution in [2.75, 3.05) is 7.11 Å². The topological polar surface area (TPSA) is 35.2 Å². The van der Waals surface area contributed by atoms with E-state index in [2.05, 4.69) is 0 Å². The molecule has 0 aliphatic heterocycles. The van der Waals surface area contributed by atoms with E-state index >= 15 is 0 Å². The maximum absolute atomic E-state index is 5.94. The smallest absolute Gasteiger partial charge is 0.0697 e. The molecule has 1 rings (SSSR count). The van der Waals surface area contributed by atoms with Crippen molar-refractivity contribution in [1.29, 1.82) is 0 Å². The van der Waals surface area contributed by atoms with Gasteiger partial charge in [-0.3, -0.25) is 0 Å². The van der Waals surface area contributed by atoms with E-state index in [1.54, 1.807) is 7.11 Å². The highest BCUT2D eigenvalue weighted by atomic mass is 35.5. The molecule has 0 radical (unpaired) electrons. The summed E-state index contributed by atoms with van der Waals surface area (Å²) in [6.45, 7) is 1.97. The molecule has 0 fully saturated rings. The first-order valence-electron chi connectivity index (χ1n) is 4.66. The van der Waals surface area contributed by atoms with E-state index < -0.39 is 0 Å². The first-order valence-corrected chi connectivity index (χ1v) is 5.04. The Balaban J connectivity index is 2.60. The first-order chi connectivity index (χ1) is 6.63. The fourth-order valence-electron chi connectivity index (χ4n) is 1.28. The molecule has 0 bridgehead atoms. The first kappa shape index (κ1) is 11.5. The Labute approximate surface area is 90.0 Å². The van der Waals surface area contributed by atoms with Crippen molar-refractivity contribution in [3.63, 3.8) is 0 Å². The van der Waals surface area contributed by atoms with E-state index in [4.69, 9.17) is 22.1 Å². The molecule has 0 spiro atoms. The minimum Gasteiger partial charge on any atom is -0.380 e. The van der Waals surface area contributed by atoms with Gasteiger partial charge in [-0.25, -0.2) is 0 Å². The molecule has 2 atom stereocenters. The van der Waals surface area contributed by atoms with E-state index in [0.29, 0.717) is 0 Å². The summed E-state index contributed by atoms with van der Waals surface area (Å²) >= 11 is 5.87. The summed E-state index contributed by atoms with van der Waals surface area (Å²) < 4.78 is 5.16. The van der Waals surface area contributed by atoms with Crippen molar-refractivity contribution in [2.24, 2.45) is 5.73 Å². The van der Waals surface area contributed by atoms with E-state index in [-0.39, 0.29) is 12.1 Å². The number of hydrogen-bond donors (Lipinski definition) is 1. The number of ether oxygens (including phenoxy) is 1. The molecule has 2 nitrogen and oxygen atoms in total. The highest BCUT2D eigenvalue weighted by Crippen LogP contribution is 2.13. The minimum absolute atomic E-state index is 0.0125. The Kier molecular flexibility index (Phi) is 4.39. The number of methoxy groups -OCH3 is 1. The van der Waals surface area contributed by atoms with E-state index in [9.17, 15) is 0 Å². The second-order valence-electron chi connectivity index (χ2n) is 3.44. The van der Waals surface area contributed by atoms with Crippen molar-refractivity contribution < 1.29 is 4.74 Å². The standard InChI is InChI=1S/C11H16ClNO/c1-8(14-2)11(13)7-9-4-3-5-10(12)6-9/h3-6,8,11H,7,13H2,1-2H3. The lowest BCUT2D eigenvalue weighted by atomic mass is 10.0. The van der Waals surface area contributed by atoms with Gasteiger partial charge in [-0.1, -0.05) is 23.7 Å². The molecule has 14 heavy (non-hydrogen) atoms. The van der Waals surface area contributed by atoms with Gasteiger partial charge < -0.3 is 10.5 Å². The van der Waals surface area contributed by atoms with Gasteiger partial charge in [0, 0.05) is 18.2 Å². The molecule has 0 saturated carbocycles. The molecular weight excluding hydrogens is 198 g/mol. The quantitative estimate of drug-likeness (QED) is 0.833. The number of rotatable bonds is 4. The molecule has 2 N–H and O–H groups in total. The van der Waals surface area contributed by atoms with Crippen LogP contribution in [0.2, 0.25) is 5.02 Å². The lowest BCUT2D eigenvalue weighted by Crippen LogP contribution is -2.35. The molecule has 0 aromatic heterocycles. The second kappa shape index (κ2) is 5.35. The molecule has 0 aliphatic rings. The molecular formula is C11H16ClNO. The van der Waals surface area contributed by atoms with Crippen molar-refractivity contribution >= 4 is 11.6 Å². The average Bonchev–Trinajstić information content (AvgIpc) is 2.16. The van der Waals surface area contributed by atoms with Crippen LogP contribution in [0.5, 0.6) is 0 Å². The van der Waals surface area contributed by atoms with Crippen LogP contribution in [-0.4, -0.2) is 19.3 Å². The van der Waals surface area contributed by atoms with Gasteiger partial charge in [-0.05, 0) is 31.0 Å². The summed E-state index contributed by atoms with van der Waals surface area (Å²) in [7, 11) is 1.67. The predicted molar refractivity (Wildman–Crippen MR) is 59.6 cm³/mol. The van der Waals surface area contributed by atoms with Gasteiger partial charge in [0.2, 0.25) is 0 Å². The van der Waals surface area contributed by atoms with Gasteiger partial charge in [0.1, 0.15) is 0 Å². The highest BCUT2D eigenvalue weighted by molar-refractivity contribution is 6.30. The van der Waals surface area contributed by atoms with Crippen LogP contribution in [0.3, 0.4) is 0 Å². The van der Waals surface area contributed by atoms with Crippen molar-refractivity contribution in [3.05, 3.63) is 34.9 Å². The predicted octanol–water partition coefficient (Wildman–Crippen LogP) is 2.24. The van der Waals surface area contributed by atoms with Gasteiger partial charge in [0.05, 0.1) is 6.10 Å². The molecule has 3 heteroatoms. The summed E-state index contributed by atoms with van der Waals surface area (Å²) in [5, 5.41) is 0.750. The maximum atomic E-state index is 5.94. The van der Waals surface area contributed by atoms with Gasteiger partial charge in [-0.15, -0.1) is 0 Å². The van der Waals surface area contributed by atoms with Crippen LogP contribution < -0.4 is 5.73 Å². The highest BCUT2D eigenvalue weighted by Gasteiger charge is 2.12. The number of hydrogen-bond acceptors (Lipinski definition) is 2. The zero-order valence-corrected chi connectivity index (χ0v) is 9.29. The number of benzene rings is 1.